The Bertz CT molecular complexity index is 1100. The van der Waals surface area contributed by atoms with Crippen molar-refractivity contribution < 1.29 is 14.8 Å². The first-order chi connectivity index (χ1) is 14.5. The maximum Gasteiger partial charge on any atom is 0.494 e. The zero-order chi connectivity index (χ0) is 22.6. The van der Waals surface area contributed by atoms with E-state index < -0.39 is 18.3 Å². The van der Waals surface area contributed by atoms with Crippen molar-refractivity contribution >= 4 is 12.6 Å². The SMILES string of the molecule is [2H]c1c([2H])c(-c2cccc(-c3ccccc3)c2)c([2H])c([2H])c1B1OC(C)(C)C(C)(C)O1. The standard InChI is InChI=1S/C24H25BO2/c1-23(2)24(3,4)27-25(26-23)22-15-13-19(14-16-22)21-12-8-11-20(17-21)18-9-6-5-7-10-18/h5-17H,1-4H3/i13D,14D,15D,16D. The minimum absolute atomic E-state index is 0.101. The average Bonchev–Trinajstić information content (AvgIpc) is 2.94. The van der Waals surface area contributed by atoms with Crippen molar-refractivity contribution in [2.45, 2.75) is 38.9 Å². The van der Waals surface area contributed by atoms with Crippen LogP contribution < -0.4 is 5.46 Å². The van der Waals surface area contributed by atoms with Crippen LogP contribution in [0.1, 0.15) is 33.2 Å². The van der Waals surface area contributed by atoms with Crippen LogP contribution in [0.15, 0.2) is 78.8 Å². The Morgan fingerprint density at radius 2 is 1.19 bits per heavy atom. The van der Waals surface area contributed by atoms with Crippen molar-refractivity contribution in [3.8, 4) is 22.3 Å². The summed E-state index contributed by atoms with van der Waals surface area (Å²) in [5.41, 5.74) is 1.75. The monoisotopic (exact) mass is 360 g/mol. The Morgan fingerprint density at radius 3 is 1.78 bits per heavy atom. The molecule has 0 aromatic heterocycles. The van der Waals surface area contributed by atoms with Crippen LogP contribution in [0.2, 0.25) is 0 Å². The van der Waals surface area contributed by atoms with Crippen LogP contribution in [-0.2, 0) is 9.31 Å². The van der Waals surface area contributed by atoms with E-state index in [4.69, 9.17) is 14.8 Å². The third-order valence-corrected chi connectivity index (χ3v) is 5.39. The molecule has 1 aliphatic heterocycles. The highest BCUT2D eigenvalue weighted by Crippen LogP contribution is 2.36. The van der Waals surface area contributed by atoms with Crippen LogP contribution in [0.25, 0.3) is 22.3 Å². The Labute approximate surface area is 167 Å². The van der Waals surface area contributed by atoms with Gasteiger partial charge in [0.05, 0.1) is 16.7 Å². The van der Waals surface area contributed by atoms with E-state index >= 15 is 0 Å². The summed E-state index contributed by atoms with van der Waals surface area (Å²) in [6, 6.07) is 16.9. The fourth-order valence-corrected chi connectivity index (χ4v) is 3.03. The second-order valence-corrected chi connectivity index (χ2v) is 7.82. The van der Waals surface area contributed by atoms with Gasteiger partial charge in [-0.05, 0) is 61.5 Å². The lowest BCUT2D eigenvalue weighted by atomic mass is 9.78. The summed E-state index contributed by atoms with van der Waals surface area (Å²) in [4.78, 5) is 0. The molecule has 3 aromatic rings. The average molecular weight is 360 g/mol. The number of benzene rings is 3. The van der Waals surface area contributed by atoms with Crippen molar-refractivity contribution in [3.63, 3.8) is 0 Å². The summed E-state index contributed by atoms with van der Waals surface area (Å²) >= 11 is 0. The molecule has 0 spiro atoms. The highest BCUT2D eigenvalue weighted by molar-refractivity contribution is 6.62. The first-order valence-electron chi connectivity index (χ1n) is 11.2. The topological polar surface area (TPSA) is 18.5 Å². The summed E-state index contributed by atoms with van der Waals surface area (Å²) in [5, 5.41) is 0. The van der Waals surface area contributed by atoms with Crippen molar-refractivity contribution in [1.29, 1.82) is 0 Å². The summed E-state index contributed by atoms with van der Waals surface area (Å²) in [5.74, 6) is 0. The minimum atomic E-state index is -0.956. The Kier molecular flexibility index (Phi) is 3.40. The predicted molar refractivity (Wildman–Crippen MR) is 113 cm³/mol. The molecular weight excluding hydrogens is 331 g/mol. The van der Waals surface area contributed by atoms with E-state index in [1.165, 1.54) is 0 Å². The summed E-state index contributed by atoms with van der Waals surface area (Å²) in [6.45, 7) is 7.58. The van der Waals surface area contributed by atoms with Gasteiger partial charge in [0.15, 0.2) is 0 Å². The Balaban J connectivity index is 1.83. The number of rotatable bonds is 3. The normalized spacial score (nSPS) is 19.9. The molecular formula is C24H25BO2. The van der Waals surface area contributed by atoms with Gasteiger partial charge < -0.3 is 9.31 Å². The van der Waals surface area contributed by atoms with E-state index in [2.05, 4.69) is 0 Å². The van der Waals surface area contributed by atoms with Crippen LogP contribution in [0.4, 0.5) is 0 Å². The largest absolute Gasteiger partial charge is 0.494 e. The zero-order valence-electron chi connectivity index (χ0n) is 20.1. The second kappa shape index (κ2) is 6.67. The summed E-state index contributed by atoms with van der Waals surface area (Å²) in [7, 11) is -0.956. The molecule has 2 nitrogen and oxygen atoms in total. The number of hydrogen-bond donors (Lipinski definition) is 0. The predicted octanol–water partition coefficient (Wildman–Crippen LogP) is 5.32. The van der Waals surface area contributed by atoms with E-state index in [-0.39, 0.29) is 35.2 Å². The molecule has 0 bridgehead atoms. The van der Waals surface area contributed by atoms with E-state index in [1.54, 1.807) is 0 Å². The molecule has 1 aliphatic rings. The summed E-state index contributed by atoms with van der Waals surface area (Å²) < 4.78 is 46.5. The molecule has 0 saturated carbocycles. The van der Waals surface area contributed by atoms with Gasteiger partial charge in [0.25, 0.3) is 0 Å². The van der Waals surface area contributed by atoms with Gasteiger partial charge in [-0.1, -0.05) is 72.7 Å². The first-order valence-corrected chi connectivity index (χ1v) is 9.15. The first kappa shape index (κ1) is 13.8. The molecule has 0 radical (unpaired) electrons. The zero-order valence-corrected chi connectivity index (χ0v) is 16.1. The lowest BCUT2D eigenvalue weighted by Gasteiger charge is -2.32. The van der Waals surface area contributed by atoms with Crippen molar-refractivity contribution in [1.82, 2.24) is 0 Å². The van der Waals surface area contributed by atoms with Gasteiger partial charge in [-0.2, -0.15) is 0 Å². The maximum atomic E-state index is 8.65. The van der Waals surface area contributed by atoms with Gasteiger partial charge in [-0.3, -0.25) is 0 Å². The molecule has 1 saturated heterocycles. The minimum Gasteiger partial charge on any atom is -0.399 e. The lowest BCUT2D eigenvalue weighted by Crippen LogP contribution is -2.41. The highest BCUT2D eigenvalue weighted by Gasteiger charge is 2.51. The lowest BCUT2D eigenvalue weighted by molar-refractivity contribution is 0.00578. The van der Waals surface area contributed by atoms with Gasteiger partial charge in [0.2, 0.25) is 0 Å². The van der Waals surface area contributed by atoms with Gasteiger partial charge in [-0.15, -0.1) is 0 Å². The van der Waals surface area contributed by atoms with E-state index in [1.807, 2.05) is 82.3 Å². The molecule has 0 N–H and O–H groups in total. The molecule has 0 unspecified atom stereocenters. The Hall–Kier alpha value is -2.36. The van der Waals surface area contributed by atoms with Crippen molar-refractivity contribution in [2.24, 2.45) is 0 Å². The van der Waals surface area contributed by atoms with Gasteiger partial charge in [0, 0.05) is 0 Å². The molecule has 3 heteroatoms. The number of hydrogen-bond acceptors (Lipinski definition) is 2. The maximum absolute atomic E-state index is 8.65. The fourth-order valence-electron chi connectivity index (χ4n) is 3.03. The molecule has 1 fully saturated rings. The third-order valence-electron chi connectivity index (χ3n) is 5.39. The fraction of sp³-hybridized carbons (Fsp3) is 0.250. The molecule has 4 rings (SSSR count). The van der Waals surface area contributed by atoms with Crippen molar-refractivity contribution in [2.75, 3.05) is 0 Å². The molecule has 136 valence electrons. The van der Waals surface area contributed by atoms with Gasteiger partial charge >= 0.3 is 7.12 Å². The highest BCUT2D eigenvalue weighted by atomic mass is 16.7. The van der Waals surface area contributed by atoms with E-state index in [9.17, 15) is 0 Å². The van der Waals surface area contributed by atoms with Crippen LogP contribution in [0.3, 0.4) is 0 Å². The molecule has 3 aromatic carbocycles. The van der Waals surface area contributed by atoms with E-state index in [0.29, 0.717) is 5.56 Å². The molecule has 0 amide bonds. The summed E-state index contributed by atoms with van der Waals surface area (Å²) in [6.07, 6.45) is 0. The molecule has 1 heterocycles. The quantitative estimate of drug-likeness (QED) is 0.589. The molecule has 0 atom stereocenters. The van der Waals surface area contributed by atoms with E-state index in [0.717, 1.165) is 11.1 Å². The smallest absolute Gasteiger partial charge is 0.399 e. The van der Waals surface area contributed by atoms with Gasteiger partial charge in [-0.25, -0.2) is 0 Å². The molecule has 0 aliphatic carbocycles. The van der Waals surface area contributed by atoms with Crippen LogP contribution in [0.5, 0.6) is 0 Å². The van der Waals surface area contributed by atoms with Crippen molar-refractivity contribution in [3.05, 3.63) is 78.8 Å². The van der Waals surface area contributed by atoms with Crippen LogP contribution >= 0.6 is 0 Å². The third kappa shape index (κ3) is 3.45. The van der Waals surface area contributed by atoms with Crippen LogP contribution in [0, 0.1) is 0 Å². The second-order valence-electron chi connectivity index (χ2n) is 7.82. The van der Waals surface area contributed by atoms with Gasteiger partial charge in [0.1, 0.15) is 0 Å². The van der Waals surface area contributed by atoms with Crippen LogP contribution in [-0.4, -0.2) is 18.3 Å². The Morgan fingerprint density at radius 1 is 0.667 bits per heavy atom. The molecule has 27 heavy (non-hydrogen) atoms.